The Kier molecular flexibility index (Phi) is 4.85. The van der Waals surface area contributed by atoms with Crippen LogP contribution in [-0.2, 0) is 11.0 Å². The van der Waals surface area contributed by atoms with Crippen LogP contribution < -0.4 is 10.2 Å². The van der Waals surface area contributed by atoms with E-state index in [-0.39, 0.29) is 17.5 Å². The summed E-state index contributed by atoms with van der Waals surface area (Å²) < 4.78 is 43.8. The fourth-order valence-electron chi connectivity index (χ4n) is 3.54. The van der Waals surface area contributed by atoms with Gasteiger partial charge in [0.15, 0.2) is 0 Å². The van der Waals surface area contributed by atoms with Gasteiger partial charge in [0, 0.05) is 18.8 Å². The van der Waals surface area contributed by atoms with E-state index in [1.54, 1.807) is 6.92 Å². The zero-order chi connectivity index (χ0) is 20.6. The summed E-state index contributed by atoms with van der Waals surface area (Å²) in [4.78, 5) is 23.1. The Morgan fingerprint density at radius 2 is 2.14 bits per heavy atom. The summed E-state index contributed by atoms with van der Waals surface area (Å²) in [6.07, 6.45) is -1.69. The predicted molar refractivity (Wildman–Crippen MR) is 99.3 cm³/mol. The molecule has 1 saturated heterocycles. The molecule has 1 N–H and O–H groups in total. The van der Waals surface area contributed by atoms with Crippen molar-refractivity contribution in [1.82, 2.24) is 15.1 Å². The average Bonchev–Trinajstić information content (AvgIpc) is 3.09. The van der Waals surface area contributed by atoms with Gasteiger partial charge in [-0.3, -0.25) is 4.79 Å². The van der Waals surface area contributed by atoms with Crippen LogP contribution in [0.2, 0.25) is 0 Å². The van der Waals surface area contributed by atoms with Crippen LogP contribution in [0.1, 0.15) is 24.1 Å². The number of aryl methyl sites for hydroxylation is 1. The van der Waals surface area contributed by atoms with Gasteiger partial charge in [-0.2, -0.15) is 18.2 Å². The minimum absolute atomic E-state index is 0.126. The number of amides is 1. The number of nitrogens with zero attached hydrogens (tertiary/aromatic N) is 4. The third-order valence-corrected chi connectivity index (χ3v) is 4.97. The molecule has 1 atom stereocenters. The maximum Gasteiger partial charge on any atom is 0.416 e. The number of benzene rings is 1. The van der Waals surface area contributed by atoms with E-state index in [4.69, 9.17) is 4.52 Å². The highest BCUT2D eigenvalue weighted by atomic mass is 19.4. The Hall–Kier alpha value is -3.17. The fraction of sp³-hybridized carbons (Fsp3) is 0.368. The van der Waals surface area contributed by atoms with Crippen LogP contribution in [0.25, 0.3) is 11.1 Å². The van der Waals surface area contributed by atoms with Crippen LogP contribution in [0.3, 0.4) is 0 Å². The van der Waals surface area contributed by atoms with Crippen molar-refractivity contribution >= 4 is 28.5 Å². The van der Waals surface area contributed by atoms with E-state index in [0.717, 1.165) is 18.6 Å². The molecule has 4 rings (SSSR count). The van der Waals surface area contributed by atoms with Gasteiger partial charge in [-0.15, -0.1) is 0 Å². The number of alkyl halides is 3. The summed E-state index contributed by atoms with van der Waals surface area (Å²) in [6, 6.07) is 4.63. The third-order valence-electron chi connectivity index (χ3n) is 4.97. The molecule has 3 heterocycles. The highest BCUT2D eigenvalue weighted by molar-refractivity contribution is 5.94. The zero-order valence-corrected chi connectivity index (χ0v) is 15.5. The molecule has 0 unspecified atom stereocenters. The van der Waals surface area contributed by atoms with Crippen LogP contribution in [0.4, 0.5) is 24.7 Å². The zero-order valence-electron chi connectivity index (χ0n) is 15.5. The van der Waals surface area contributed by atoms with Gasteiger partial charge in [0.05, 0.1) is 17.2 Å². The highest BCUT2D eigenvalue weighted by Gasteiger charge is 2.31. The van der Waals surface area contributed by atoms with Crippen molar-refractivity contribution < 1.29 is 22.5 Å². The van der Waals surface area contributed by atoms with Crippen molar-refractivity contribution in [2.24, 2.45) is 5.92 Å². The number of piperidine rings is 1. The van der Waals surface area contributed by atoms with Crippen LogP contribution in [-0.4, -0.2) is 34.1 Å². The van der Waals surface area contributed by atoms with E-state index >= 15 is 0 Å². The van der Waals surface area contributed by atoms with Gasteiger partial charge in [-0.25, -0.2) is 4.98 Å². The number of aromatic nitrogens is 3. The largest absolute Gasteiger partial charge is 0.416 e. The molecule has 0 saturated carbocycles. The van der Waals surface area contributed by atoms with Crippen molar-refractivity contribution in [2.45, 2.75) is 25.9 Å². The second-order valence-corrected chi connectivity index (χ2v) is 7.00. The molecule has 1 fully saturated rings. The van der Waals surface area contributed by atoms with Gasteiger partial charge in [0.2, 0.25) is 5.91 Å². The van der Waals surface area contributed by atoms with Crippen molar-refractivity contribution in [2.75, 3.05) is 23.3 Å². The second-order valence-electron chi connectivity index (χ2n) is 7.00. The molecule has 152 valence electrons. The van der Waals surface area contributed by atoms with E-state index in [9.17, 15) is 18.0 Å². The first-order chi connectivity index (χ1) is 13.8. The fourth-order valence-corrected chi connectivity index (χ4v) is 3.54. The van der Waals surface area contributed by atoms with Crippen molar-refractivity contribution in [3.05, 3.63) is 41.9 Å². The minimum atomic E-state index is -4.46. The summed E-state index contributed by atoms with van der Waals surface area (Å²) in [5.41, 5.74) is 0.363. The molecule has 0 bridgehead atoms. The maximum absolute atomic E-state index is 12.9. The van der Waals surface area contributed by atoms with Gasteiger partial charge < -0.3 is 14.7 Å². The third kappa shape index (κ3) is 3.87. The number of carbonyl (C=O) groups is 1. The molecule has 1 aliphatic heterocycles. The summed E-state index contributed by atoms with van der Waals surface area (Å²) >= 11 is 0. The number of hydrogen-bond donors (Lipinski definition) is 1. The first kappa shape index (κ1) is 19.2. The molecule has 3 aromatic rings. The molecule has 10 heteroatoms. The molecular formula is C19H18F3N5O2. The van der Waals surface area contributed by atoms with Crippen LogP contribution >= 0.6 is 0 Å². The van der Waals surface area contributed by atoms with E-state index < -0.39 is 11.7 Å². The van der Waals surface area contributed by atoms with Crippen molar-refractivity contribution in [3.8, 4) is 0 Å². The normalized spacial score (nSPS) is 17.5. The van der Waals surface area contributed by atoms with Crippen LogP contribution in [0.15, 0.2) is 35.1 Å². The lowest BCUT2D eigenvalue weighted by Crippen LogP contribution is -2.41. The van der Waals surface area contributed by atoms with Crippen molar-refractivity contribution in [1.29, 1.82) is 0 Å². The maximum atomic E-state index is 12.9. The molecule has 0 aliphatic carbocycles. The van der Waals surface area contributed by atoms with Gasteiger partial charge in [0.25, 0.3) is 5.71 Å². The number of hydrogen-bond acceptors (Lipinski definition) is 6. The molecule has 0 radical (unpaired) electrons. The summed E-state index contributed by atoms with van der Waals surface area (Å²) in [7, 11) is 0. The number of rotatable bonds is 3. The quantitative estimate of drug-likeness (QED) is 0.714. The summed E-state index contributed by atoms with van der Waals surface area (Å²) in [6.45, 7) is 2.88. The lowest BCUT2D eigenvalue weighted by Gasteiger charge is -2.33. The summed E-state index contributed by atoms with van der Waals surface area (Å²) in [5.74, 6) is -0.0600. The average molecular weight is 405 g/mol. The molecule has 7 nitrogen and oxygen atoms in total. The minimum Gasteiger partial charge on any atom is -0.355 e. The molecule has 1 aromatic carbocycles. The Morgan fingerprint density at radius 1 is 1.31 bits per heavy atom. The SMILES string of the molecule is Cc1noc2ncnc(N3CCC[C@@H](C(=O)Nc4cccc(C(F)(F)F)c4)C3)c12. The molecule has 0 spiro atoms. The van der Waals surface area contributed by atoms with E-state index in [0.29, 0.717) is 42.1 Å². The Bertz CT molecular complexity index is 1050. The Balaban J connectivity index is 1.51. The van der Waals surface area contributed by atoms with E-state index in [1.165, 1.54) is 18.5 Å². The number of fused-ring (bicyclic) bond motifs is 1. The Morgan fingerprint density at radius 3 is 2.93 bits per heavy atom. The van der Waals surface area contributed by atoms with Gasteiger partial charge in [0.1, 0.15) is 17.5 Å². The number of nitrogens with one attached hydrogen (secondary N) is 1. The lowest BCUT2D eigenvalue weighted by molar-refractivity contribution is -0.137. The molecule has 1 amide bonds. The van der Waals surface area contributed by atoms with Crippen molar-refractivity contribution in [3.63, 3.8) is 0 Å². The topological polar surface area (TPSA) is 84.2 Å². The smallest absolute Gasteiger partial charge is 0.355 e. The van der Waals surface area contributed by atoms with Gasteiger partial charge in [-0.1, -0.05) is 11.2 Å². The monoisotopic (exact) mass is 405 g/mol. The number of carbonyl (C=O) groups excluding carboxylic acids is 1. The van der Waals surface area contributed by atoms with Gasteiger partial charge >= 0.3 is 6.18 Å². The first-order valence-corrected chi connectivity index (χ1v) is 9.13. The number of anilines is 2. The number of halogens is 3. The molecule has 29 heavy (non-hydrogen) atoms. The highest BCUT2D eigenvalue weighted by Crippen LogP contribution is 2.32. The molecule has 1 aliphatic rings. The first-order valence-electron chi connectivity index (χ1n) is 9.13. The standard InChI is InChI=1S/C19H18F3N5O2/c1-11-15-16(23-10-24-18(15)29-26-11)27-7-3-4-12(9-27)17(28)25-14-6-2-5-13(8-14)19(20,21)22/h2,5-6,8,10,12H,3-4,7,9H2,1H3,(H,25,28)/t12-/m1/s1. The van der Waals surface area contributed by atoms with E-state index in [2.05, 4.69) is 20.4 Å². The van der Waals surface area contributed by atoms with Crippen LogP contribution in [0.5, 0.6) is 0 Å². The van der Waals surface area contributed by atoms with Gasteiger partial charge in [-0.05, 0) is 38.0 Å². The Labute approximate surface area is 163 Å². The second kappa shape index (κ2) is 7.34. The summed E-state index contributed by atoms with van der Waals surface area (Å²) in [5, 5.41) is 7.22. The lowest BCUT2D eigenvalue weighted by atomic mass is 9.96. The molecule has 2 aromatic heterocycles. The van der Waals surface area contributed by atoms with E-state index in [1.807, 2.05) is 4.90 Å². The molecular weight excluding hydrogens is 387 g/mol. The van der Waals surface area contributed by atoms with Crippen LogP contribution in [0, 0.1) is 12.8 Å². The predicted octanol–water partition coefficient (Wildman–Crippen LogP) is 3.80.